The summed E-state index contributed by atoms with van der Waals surface area (Å²) in [6.07, 6.45) is 4.30. The molecule has 1 rings (SSSR count). The molecule has 0 atom stereocenters. The second kappa shape index (κ2) is 7.28. The standard InChI is InChI=1S/C13H14O3S2/c1-16-10-6-4-5-9(7-10)12(15)11(8-14)13(17-2)18-3/h4-8H,1-3H3. The highest BCUT2D eigenvalue weighted by Crippen LogP contribution is 2.28. The fourth-order valence-corrected chi connectivity index (χ4v) is 2.81. The van der Waals surface area contributed by atoms with Gasteiger partial charge in [-0.3, -0.25) is 9.59 Å². The number of rotatable bonds is 6. The maximum Gasteiger partial charge on any atom is 0.198 e. The molecule has 3 nitrogen and oxygen atoms in total. The van der Waals surface area contributed by atoms with Gasteiger partial charge in [0, 0.05) is 5.56 Å². The third-order valence-electron chi connectivity index (χ3n) is 2.29. The molecule has 0 bridgehead atoms. The van der Waals surface area contributed by atoms with E-state index >= 15 is 0 Å². The average molecular weight is 282 g/mol. The molecule has 0 heterocycles. The molecule has 0 amide bonds. The topological polar surface area (TPSA) is 43.4 Å². The van der Waals surface area contributed by atoms with E-state index in [4.69, 9.17) is 4.74 Å². The Morgan fingerprint density at radius 1 is 1.28 bits per heavy atom. The van der Waals surface area contributed by atoms with Crippen LogP contribution in [0.15, 0.2) is 34.1 Å². The van der Waals surface area contributed by atoms with Crippen LogP contribution in [0.4, 0.5) is 0 Å². The summed E-state index contributed by atoms with van der Waals surface area (Å²) in [6, 6.07) is 6.79. The van der Waals surface area contributed by atoms with Crippen molar-refractivity contribution in [2.24, 2.45) is 0 Å². The van der Waals surface area contributed by atoms with Crippen molar-refractivity contribution in [1.82, 2.24) is 0 Å². The lowest BCUT2D eigenvalue weighted by molar-refractivity contribution is -0.104. The molecular weight excluding hydrogens is 268 g/mol. The molecule has 0 N–H and O–H groups in total. The van der Waals surface area contributed by atoms with Gasteiger partial charge in [0.2, 0.25) is 0 Å². The average Bonchev–Trinajstić information content (AvgIpc) is 2.44. The van der Waals surface area contributed by atoms with E-state index < -0.39 is 0 Å². The van der Waals surface area contributed by atoms with Crippen LogP contribution < -0.4 is 4.74 Å². The van der Waals surface area contributed by atoms with E-state index in [-0.39, 0.29) is 11.4 Å². The highest BCUT2D eigenvalue weighted by molar-refractivity contribution is 8.21. The zero-order valence-corrected chi connectivity index (χ0v) is 12.1. The second-order valence-corrected chi connectivity index (χ2v) is 5.18. The number of aldehydes is 1. The summed E-state index contributed by atoms with van der Waals surface area (Å²) in [5.41, 5.74) is 0.653. The largest absolute Gasteiger partial charge is 0.497 e. The Morgan fingerprint density at radius 3 is 2.44 bits per heavy atom. The van der Waals surface area contributed by atoms with E-state index in [9.17, 15) is 9.59 Å². The fourth-order valence-electron chi connectivity index (χ4n) is 1.42. The number of carbonyl (C=O) groups excluding carboxylic acids is 2. The molecule has 0 aliphatic carbocycles. The summed E-state index contributed by atoms with van der Waals surface area (Å²) in [7, 11) is 1.54. The summed E-state index contributed by atoms with van der Waals surface area (Å²) >= 11 is 2.79. The van der Waals surface area contributed by atoms with Gasteiger partial charge in [-0.05, 0) is 24.6 Å². The molecule has 0 saturated heterocycles. The van der Waals surface area contributed by atoms with Crippen LogP contribution >= 0.6 is 23.5 Å². The Labute approximate surface area is 115 Å². The minimum absolute atomic E-state index is 0.197. The van der Waals surface area contributed by atoms with Crippen molar-refractivity contribution in [1.29, 1.82) is 0 Å². The molecule has 96 valence electrons. The number of benzene rings is 1. The van der Waals surface area contributed by atoms with E-state index in [1.165, 1.54) is 30.6 Å². The number of Topliss-reactive ketones (excluding diaryl/α,β-unsaturated/α-hetero) is 1. The number of allylic oxidation sites excluding steroid dienone is 1. The number of methoxy groups -OCH3 is 1. The normalized spacial score (nSPS) is 9.72. The number of hydrogen-bond acceptors (Lipinski definition) is 5. The van der Waals surface area contributed by atoms with Crippen LogP contribution in [0.5, 0.6) is 5.75 Å². The Hall–Kier alpha value is -1.20. The van der Waals surface area contributed by atoms with Gasteiger partial charge >= 0.3 is 0 Å². The van der Waals surface area contributed by atoms with Gasteiger partial charge in [0.1, 0.15) is 5.75 Å². The van der Waals surface area contributed by atoms with Gasteiger partial charge in [-0.1, -0.05) is 12.1 Å². The molecule has 0 saturated carbocycles. The predicted octanol–water partition coefficient (Wildman–Crippen LogP) is 3.01. The van der Waals surface area contributed by atoms with Gasteiger partial charge < -0.3 is 4.74 Å². The number of hydrogen-bond donors (Lipinski definition) is 0. The lowest BCUT2D eigenvalue weighted by Gasteiger charge is -2.06. The Morgan fingerprint density at radius 2 is 1.94 bits per heavy atom. The minimum atomic E-state index is -0.275. The number of ketones is 1. The van der Waals surface area contributed by atoms with Crippen molar-refractivity contribution >= 4 is 35.6 Å². The second-order valence-electron chi connectivity index (χ2n) is 3.29. The first-order valence-electron chi connectivity index (χ1n) is 5.14. The predicted molar refractivity (Wildman–Crippen MR) is 77.4 cm³/mol. The molecule has 0 radical (unpaired) electrons. The molecule has 5 heteroatoms. The zero-order valence-electron chi connectivity index (χ0n) is 10.4. The summed E-state index contributed by atoms with van der Waals surface area (Å²) in [5, 5.41) is 0. The van der Waals surface area contributed by atoms with Crippen molar-refractivity contribution in [3.63, 3.8) is 0 Å². The monoisotopic (exact) mass is 282 g/mol. The van der Waals surface area contributed by atoms with Crippen molar-refractivity contribution in [2.45, 2.75) is 0 Å². The molecule has 0 fully saturated rings. The van der Waals surface area contributed by atoms with E-state index in [0.29, 0.717) is 17.6 Å². The Balaban J connectivity index is 3.18. The van der Waals surface area contributed by atoms with Crippen LogP contribution in [0.25, 0.3) is 0 Å². The lowest BCUT2D eigenvalue weighted by atomic mass is 10.1. The Kier molecular flexibility index (Phi) is 6.01. The van der Waals surface area contributed by atoms with Gasteiger partial charge in [0.25, 0.3) is 0 Å². The summed E-state index contributed by atoms with van der Waals surface area (Å²) in [4.78, 5) is 23.3. The summed E-state index contributed by atoms with van der Waals surface area (Å²) < 4.78 is 5.78. The van der Waals surface area contributed by atoms with Crippen LogP contribution in [-0.4, -0.2) is 31.7 Å². The third kappa shape index (κ3) is 3.40. The Bertz CT molecular complexity index is 475. The molecule has 18 heavy (non-hydrogen) atoms. The first kappa shape index (κ1) is 14.9. The molecule has 0 aromatic heterocycles. The van der Waals surface area contributed by atoms with Gasteiger partial charge in [-0.25, -0.2) is 0 Å². The summed E-state index contributed by atoms with van der Waals surface area (Å²) in [5.74, 6) is 0.323. The van der Waals surface area contributed by atoms with Gasteiger partial charge in [-0.15, -0.1) is 23.5 Å². The number of ether oxygens (including phenoxy) is 1. The highest BCUT2D eigenvalue weighted by Gasteiger charge is 2.16. The van der Waals surface area contributed by atoms with Crippen LogP contribution in [0.2, 0.25) is 0 Å². The highest BCUT2D eigenvalue weighted by atomic mass is 32.2. The maximum atomic E-state index is 12.2. The van der Waals surface area contributed by atoms with Crippen molar-refractivity contribution in [3.05, 3.63) is 39.6 Å². The van der Waals surface area contributed by atoms with Crippen LogP contribution in [0.3, 0.4) is 0 Å². The first-order valence-corrected chi connectivity index (χ1v) is 7.59. The van der Waals surface area contributed by atoms with Gasteiger partial charge in [-0.2, -0.15) is 0 Å². The fraction of sp³-hybridized carbons (Fsp3) is 0.231. The van der Waals surface area contributed by atoms with Crippen molar-refractivity contribution in [3.8, 4) is 5.75 Å². The van der Waals surface area contributed by atoms with Crippen molar-refractivity contribution < 1.29 is 14.3 Å². The quantitative estimate of drug-likeness (QED) is 0.264. The molecule has 0 spiro atoms. The molecule has 0 aliphatic rings. The molecule has 0 aliphatic heterocycles. The van der Waals surface area contributed by atoms with E-state index in [1.54, 1.807) is 24.3 Å². The number of carbonyl (C=O) groups is 2. The van der Waals surface area contributed by atoms with Gasteiger partial charge in [0.05, 0.1) is 16.9 Å². The van der Waals surface area contributed by atoms with Gasteiger partial charge in [0.15, 0.2) is 12.1 Å². The third-order valence-corrected chi connectivity index (χ3v) is 4.47. The zero-order chi connectivity index (χ0) is 13.5. The van der Waals surface area contributed by atoms with Crippen LogP contribution in [-0.2, 0) is 4.79 Å². The first-order chi connectivity index (χ1) is 8.67. The lowest BCUT2D eigenvalue weighted by Crippen LogP contribution is -2.06. The molecule has 0 unspecified atom stereocenters. The van der Waals surface area contributed by atoms with Crippen molar-refractivity contribution in [2.75, 3.05) is 19.6 Å². The SMILES string of the molecule is COc1cccc(C(=O)C(C=O)=C(SC)SC)c1. The maximum absolute atomic E-state index is 12.2. The summed E-state index contributed by atoms with van der Waals surface area (Å²) in [6.45, 7) is 0. The number of thioether (sulfide) groups is 2. The van der Waals surface area contributed by atoms with E-state index in [0.717, 1.165) is 4.24 Å². The molecule has 1 aromatic rings. The van der Waals surface area contributed by atoms with E-state index in [1.807, 2.05) is 12.5 Å². The molecule has 1 aromatic carbocycles. The smallest absolute Gasteiger partial charge is 0.198 e. The minimum Gasteiger partial charge on any atom is -0.497 e. The van der Waals surface area contributed by atoms with Crippen LogP contribution in [0.1, 0.15) is 10.4 Å². The molecular formula is C13H14O3S2. The van der Waals surface area contributed by atoms with Crippen LogP contribution in [0, 0.1) is 0 Å². The van der Waals surface area contributed by atoms with E-state index in [2.05, 4.69) is 0 Å².